The Labute approximate surface area is 87.2 Å². The van der Waals surface area contributed by atoms with E-state index in [1.54, 1.807) is 20.8 Å². The van der Waals surface area contributed by atoms with Crippen molar-refractivity contribution in [2.45, 2.75) is 26.4 Å². The molecule has 1 aromatic heterocycles. The van der Waals surface area contributed by atoms with E-state index in [4.69, 9.17) is 15.7 Å². The molecule has 0 radical (unpaired) electrons. The van der Waals surface area contributed by atoms with Crippen molar-refractivity contribution in [1.29, 1.82) is 5.26 Å². The van der Waals surface area contributed by atoms with Crippen LogP contribution in [0.1, 0.15) is 26.3 Å². The van der Waals surface area contributed by atoms with E-state index in [1.165, 1.54) is 6.20 Å². The third kappa shape index (κ3) is 2.71. The highest BCUT2D eigenvalue weighted by molar-refractivity contribution is 5.71. The van der Waals surface area contributed by atoms with Gasteiger partial charge in [0.05, 0.1) is 6.20 Å². The Bertz CT molecular complexity index is 422. The van der Waals surface area contributed by atoms with Crippen LogP contribution in [-0.2, 0) is 4.74 Å². The second-order valence-corrected chi connectivity index (χ2v) is 3.96. The lowest BCUT2D eigenvalue weighted by Crippen LogP contribution is -2.27. The molecule has 1 heterocycles. The molecule has 0 amide bonds. The number of nitrogens with zero attached hydrogens (tertiary/aromatic N) is 3. The molecule has 0 saturated carbocycles. The predicted octanol–water partition coefficient (Wildman–Crippen LogP) is 1.12. The van der Waals surface area contributed by atoms with Gasteiger partial charge in [-0.3, -0.25) is 0 Å². The standard InChI is InChI=1S/C9H12N4O2/c1-9(2,3)15-8(14)13-5-6(4-10)7(11)12-13/h5H,1-3H3,(H2,11,12). The van der Waals surface area contributed by atoms with Crippen molar-refractivity contribution in [1.82, 2.24) is 9.78 Å². The van der Waals surface area contributed by atoms with Crippen molar-refractivity contribution in [3.05, 3.63) is 11.8 Å². The molecule has 0 saturated heterocycles. The predicted molar refractivity (Wildman–Crippen MR) is 53.0 cm³/mol. The van der Waals surface area contributed by atoms with Gasteiger partial charge in [0.2, 0.25) is 0 Å². The quantitative estimate of drug-likeness (QED) is 0.689. The molecule has 15 heavy (non-hydrogen) atoms. The highest BCUT2D eigenvalue weighted by Gasteiger charge is 2.19. The summed E-state index contributed by atoms with van der Waals surface area (Å²) in [5.41, 5.74) is 4.94. The topological polar surface area (TPSA) is 93.9 Å². The van der Waals surface area contributed by atoms with E-state index < -0.39 is 11.7 Å². The van der Waals surface area contributed by atoms with Crippen LogP contribution in [0.4, 0.5) is 10.6 Å². The molecule has 0 aromatic carbocycles. The van der Waals surface area contributed by atoms with Crippen LogP contribution in [0.2, 0.25) is 0 Å². The Kier molecular flexibility index (Phi) is 2.66. The van der Waals surface area contributed by atoms with E-state index >= 15 is 0 Å². The summed E-state index contributed by atoms with van der Waals surface area (Å²) >= 11 is 0. The van der Waals surface area contributed by atoms with Gasteiger partial charge in [-0.05, 0) is 20.8 Å². The van der Waals surface area contributed by atoms with Crippen LogP contribution in [0.25, 0.3) is 0 Å². The SMILES string of the molecule is CC(C)(C)OC(=O)n1cc(C#N)c(N)n1. The first-order chi connectivity index (χ1) is 6.83. The normalized spacial score (nSPS) is 10.8. The van der Waals surface area contributed by atoms with Crippen LogP contribution in [0.3, 0.4) is 0 Å². The fourth-order valence-corrected chi connectivity index (χ4v) is 0.876. The van der Waals surface area contributed by atoms with Crippen molar-refractivity contribution in [2.75, 3.05) is 5.73 Å². The van der Waals surface area contributed by atoms with Crippen LogP contribution in [0.5, 0.6) is 0 Å². The molecule has 0 aliphatic rings. The van der Waals surface area contributed by atoms with Crippen LogP contribution in [-0.4, -0.2) is 21.5 Å². The minimum Gasteiger partial charge on any atom is -0.442 e. The van der Waals surface area contributed by atoms with Crippen molar-refractivity contribution < 1.29 is 9.53 Å². The van der Waals surface area contributed by atoms with E-state index in [-0.39, 0.29) is 11.4 Å². The van der Waals surface area contributed by atoms with Gasteiger partial charge in [-0.1, -0.05) is 0 Å². The van der Waals surface area contributed by atoms with Gasteiger partial charge >= 0.3 is 6.09 Å². The Morgan fingerprint density at radius 2 is 2.27 bits per heavy atom. The lowest BCUT2D eigenvalue weighted by atomic mass is 10.2. The molecule has 0 aliphatic heterocycles. The number of anilines is 1. The number of nitriles is 1. The first-order valence-corrected chi connectivity index (χ1v) is 4.32. The second-order valence-electron chi connectivity index (χ2n) is 3.96. The monoisotopic (exact) mass is 208 g/mol. The van der Waals surface area contributed by atoms with Gasteiger partial charge in [-0.25, -0.2) is 4.79 Å². The minimum absolute atomic E-state index is 0.0170. The molecule has 1 aromatic rings. The van der Waals surface area contributed by atoms with E-state index in [9.17, 15) is 4.79 Å². The summed E-state index contributed by atoms with van der Waals surface area (Å²) < 4.78 is 5.95. The third-order valence-electron chi connectivity index (χ3n) is 1.44. The zero-order valence-electron chi connectivity index (χ0n) is 8.81. The number of carbonyl (C=O) groups excluding carboxylic acids is 1. The lowest BCUT2D eigenvalue weighted by molar-refractivity contribution is 0.0515. The Morgan fingerprint density at radius 3 is 2.67 bits per heavy atom. The maximum absolute atomic E-state index is 11.5. The van der Waals surface area contributed by atoms with Gasteiger partial charge in [-0.2, -0.15) is 9.94 Å². The van der Waals surface area contributed by atoms with Gasteiger partial charge < -0.3 is 10.5 Å². The highest BCUT2D eigenvalue weighted by Crippen LogP contribution is 2.11. The molecule has 0 fully saturated rings. The number of hydrogen-bond donors (Lipinski definition) is 1. The first-order valence-electron chi connectivity index (χ1n) is 4.32. The third-order valence-corrected chi connectivity index (χ3v) is 1.44. The average molecular weight is 208 g/mol. The molecule has 80 valence electrons. The summed E-state index contributed by atoms with van der Waals surface area (Å²) in [7, 11) is 0. The Morgan fingerprint density at radius 1 is 1.67 bits per heavy atom. The average Bonchev–Trinajstić information content (AvgIpc) is 2.43. The Hall–Kier alpha value is -2.03. The molecule has 0 bridgehead atoms. The minimum atomic E-state index is -0.657. The molecular formula is C9H12N4O2. The first kappa shape index (κ1) is 11.0. The molecule has 0 unspecified atom stereocenters. The van der Waals surface area contributed by atoms with Crippen LogP contribution >= 0.6 is 0 Å². The largest absolute Gasteiger partial charge is 0.442 e. The fourth-order valence-electron chi connectivity index (χ4n) is 0.876. The van der Waals surface area contributed by atoms with Crippen molar-refractivity contribution in [2.24, 2.45) is 0 Å². The smallest absolute Gasteiger partial charge is 0.435 e. The molecule has 0 atom stereocenters. The van der Waals surface area contributed by atoms with Gasteiger partial charge in [0.25, 0.3) is 0 Å². The van der Waals surface area contributed by atoms with Gasteiger partial charge in [-0.15, -0.1) is 5.10 Å². The lowest BCUT2D eigenvalue weighted by Gasteiger charge is -2.18. The molecule has 2 N–H and O–H groups in total. The number of rotatable bonds is 0. The maximum Gasteiger partial charge on any atom is 0.435 e. The van der Waals surface area contributed by atoms with Gasteiger partial charge in [0.15, 0.2) is 5.82 Å². The van der Waals surface area contributed by atoms with E-state index in [1.807, 2.05) is 6.07 Å². The summed E-state index contributed by atoms with van der Waals surface area (Å²) in [6.45, 7) is 5.22. The second kappa shape index (κ2) is 3.61. The van der Waals surface area contributed by atoms with E-state index in [0.717, 1.165) is 4.68 Å². The fraction of sp³-hybridized carbons (Fsp3) is 0.444. The molecule has 0 spiro atoms. The highest BCUT2D eigenvalue weighted by atomic mass is 16.6. The number of aromatic nitrogens is 2. The summed E-state index contributed by atoms with van der Waals surface area (Å²) in [5, 5.41) is 12.3. The summed E-state index contributed by atoms with van der Waals surface area (Å²) in [5.74, 6) is 0.0170. The zero-order chi connectivity index (χ0) is 11.6. The van der Waals surface area contributed by atoms with Gasteiger partial charge in [0.1, 0.15) is 17.2 Å². The van der Waals surface area contributed by atoms with Crippen molar-refractivity contribution in [3.8, 4) is 6.07 Å². The number of ether oxygens (including phenoxy) is 1. The molecular weight excluding hydrogens is 196 g/mol. The summed E-state index contributed by atoms with van der Waals surface area (Å²) in [6.07, 6.45) is 0.583. The molecule has 1 rings (SSSR count). The van der Waals surface area contributed by atoms with Crippen LogP contribution in [0, 0.1) is 11.3 Å². The Balaban J connectivity index is 2.89. The number of nitrogens with two attached hydrogens (primary N) is 1. The van der Waals surface area contributed by atoms with Crippen LogP contribution < -0.4 is 5.73 Å². The van der Waals surface area contributed by atoms with Crippen molar-refractivity contribution >= 4 is 11.9 Å². The van der Waals surface area contributed by atoms with Gasteiger partial charge in [0, 0.05) is 0 Å². The number of nitrogen functional groups attached to an aromatic ring is 1. The molecule has 6 nitrogen and oxygen atoms in total. The molecule has 6 heteroatoms. The van der Waals surface area contributed by atoms with E-state index in [2.05, 4.69) is 5.10 Å². The van der Waals surface area contributed by atoms with Crippen molar-refractivity contribution in [3.63, 3.8) is 0 Å². The zero-order valence-corrected chi connectivity index (χ0v) is 8.81. The number of hydrogen-bond acceptors (Lipinski definition) is 5. The van der Waals surface area contributed by atoms with Crippen LogP contribution in [0.15, 0.2) is 6.20 Å². The van der Waals surface area contributed by atoms with E-state index in [0.29, 0.717) is 0 Å². The summed E-state index contributed by atoms with van der Waals surface area (Å²) in [6, 6.07) is 1.82. The number of carbonyl (C=O) groups is 1. The summed E-state index contributed by atoms with van der Waals surface area (Å²) in [4.78, 5) is 11.5. The maximum atomic E-state index is 11.5. The molecule has 0 aliphatic carbocycles.